The van der Waals surface area contributed by atoms with Crippen LogP contribution in [0, 0.1) is 11.8 Å². The summed E-state index contributed by atoms with van der Waals surface area (Å²) in [4.78, 5) is 28.1. The molecule has 124 valence electrons. The SMILES string of the molecule is CC(C)CC(C(=O)OC(=O)[C@H](CC(C)C)N(C)C)N(C)C. The highest BCUT2D eigenvalue weighted by atomic mass is 16.6. The molecular weight excluding hydrogens is 268 g/mol. The molecule has 0 N–H and O–H groups in total. The lowest BCUT2D eigenvalue weighted by molar-refractivity contribution is -0.166. The first-order valence-corrected chi connectivity index (χ1v) is 7.64. The van der Waals surface area contributed by atoms with Crippen LogP contribution in [0.1, 0.15) is 40.5 Å². The van der Waals surface area contributed by atoms with Gasteiger partial charge in [-0.15, -0.1) is 0 Å². The van der Waals surface area contributed by atoms with Crippen molar-refractivity contribution in [1.29, 1.82) is 0 Å². The monoisotopic (exact) mass is 300 g/mol. The molecule has 0 fully saturated rings. The number of nitrogens with zero attached hydrogens (tertiary/aromatic N) is 2. The van der Waals surface area contributed by atoms with Crippen molar-refractivity contribution >= 4 is 11.9 Å². The van der Waals surface area contributed by atoms with E-state index in [1.165, 1.54) is 0 Å². The van der Waals surface area contributed by atoms with Gasteiger partial charge in [-0.3, -0.25) is 9.80 Å². The van der Waals surface area contributed by atoms with E-state index in [-0.39, 0.29) is 12.1 Å². The van der Waals surface area contributed by atoms with Gasteiger partial charge in [0.25, 0.3) is 0 Å². The van der Waals surface area contributed by atoms with E-state index < -0.39 is 11.9 Å². The van der Waals surface area contributed by atoms with Crippen LogP contribution in [0.2, 0.25) is 0 Å². The van der Waals surface area contributed by atoms with E-state index in [4.69, 9.17) is 4.74 Å². The maximum absolute atomic E-state index is 12.2. The lowest BCUT2D eigenvalue weighted by Gasteiger charge is -2.27. The topological polar surface area (TPSA) is 49.9 Å². The van der Waals surface area contributed by atoms with Gasteiger partial charge >= 0.3 is 11.9 Å². The molecule has 0 spiro atoms. The van der Waals surface area contributed by atoms with Crippen molar-refractivity contribution in [3.8, 4) is 0 Å². The second-order valence-electron chi connectivity index (χ2n) is 6.96. The maximum atomic E-state index is 12.2. The first-order chi connectivity index (χ1) is 9.56. The molecule has 0 radical (unpaired) electrons. The highest BCUT2D eigenvalue weighted by Crippen LogP contribution is 2.14. The molecule has 0 saturated heterocycles. The Balaban J connectivity index is 4.81. The van der Waals surface area contributed by atoms with E-state index in [9.17, 15) is 9.59 Å². The Hall–Kier alpha value is -0.940. The molecule has 0 aromatic rings. The minimum Gasteiger partial charge on any atom is -0.391 e. The van der Waals surface area contributed by atoms with Crippen LogP contribution >= 0.6 is 0 Å². The van der Waals surface area contributed by atoms with Gasteiger partial charge in [0, 0.05) is 0 Å². The summed E-state index contributed by atoms with van der Waals surface area (Å²) in [5.74, 6) is -0.177. The highest BCUT2D eigenvalue weighted by Gasteiger charge is 2.30. The Kier molecular flexibility index (Phi) is 8.74. The summed E-state index contributed by atoms with van der Waals surface area (Å²) in [7, 11) is 7.32. The number of hydrogen-bond donors (Lipinski definition) is 0. The average Bonchev–Trinajstić information content (AvgIpc) is 2.31. The van der Waals surface area contributed by atoms with E-state index in [1.807, 2.05) is 65.7 Å². The predicted octanol–water partition coefficient (Wildman–Crippen LogP) is 2.01. The van der Waals surface area contributed by atoms with Crippen LogP contribution in [0.15, 0.2) is 0 Å². The first kappa shape index (κ1) is 20.1. The van der Waals surface area contributed by atoms with Crippen LogP contribution in [0.3, 0.4) is 0 Å². The zero-order valence-corrected chi connectivity index (χ0v) is 14.8. The molecule has 0 saturated carbocycles. The molecule has 0 amide bonds. The first-order valence-electron chi connectivity index (χ1n) is 7.64. The van der Waals surface area contributed by atoms with Crippen molar-refractivity contribution < 1.29 is 14.3 Å². The van der Waals surface area contributed by atoms with Crippen LogP contribution in [-0.2, 0) is 14.3 Å². The number of rotatable bonds is 8. The van der Waals surface area contributed by atoms with Gasteiger partial charge in [0.15, 0.2) is 0 Å². The van der Waals surface area contributed by atoms with Crippen LogP contribution in [0.4, 0.5) is 0 Å². The number of carbonyl (C=O) groups excluding carboxylic acids is 2. The van der Waals surface area contributed by atoms with Gasteiger partial charge in [-0.25, -0.2) is 9.59 Å². The molecule has 5 heteroatoms. The second-order valence-corrected chi connectivity index (χ2v) is 6.96. The van der Waals surface area contributed by atoms with Gasteiger partial charge < -0.3 is 4.74 Å². The molecule has 2 atom stereocenters. The summed E-state index contributed by atoms with van der Waals surface area (Å²) in [6.45, 7) is 8.19. The molecule has 0 aromatic carbocycles. The molecule has 0 aliphatic carbocycles. The fourth-order valence-electron chi connectivity index (χ4n) is 2.16. The van der Waals surface area contributed by atoms with Crippen molar-refractivity contribution in [2.24, 2.45) is 11.8 Å². The van der Waals surface area contributed by atoms with Gasteiger partial charge in [-0.2, -0.15) is 0 Å². The van der Waals surface area contributed by atoms with E-state index in [0.29, 0.717) is 24.7 Å². The molecule has 5 nitrogen and oxygen atoms in total. The van der Waals surface area contributed by atoms with Crippen molar-refractivity contribution in [1.82, 2.24) is 9.80 Å². The molecule has 0 aromatic heterocycles. The summed E-state index contributed by atoms with van der Waals surface area (Å²) in [5.41, 5.74) is 0. The van der Waals surface area contributed by atoms with Gasteiger partial charge in [0.2, 0.25) is 0 Å². The highest BCUT2D eigenvalue weighted by molar-refractivity contribution is 5.90. The standard InChI is InChI=1S/C16H32N2O3/c1-11(2)9-13(17(5)6)15(19)21-16(20)14(18(7)8)10-12(3)4/h11-14H,9-10H2,1-8H3/t13-,14?/m0/s1. The lowest BCUT2D eigenvalue weighted by Crippen LogP contribution is -2.44. The molecular formula is C16H32N2O3. The minimum absolute atomic E-state index is 0.361. The Labute approximate surface area is 129 Å². The second kappa shape index (κ2) is 9.15. The maximum Gasteiger partial charge on any atom is 0.331 e. The predicted molar refractivity (Wildman–Crippen MR) is 85.0 cm³/mol. The largest absolute Gasteiger partial charge is 0.391 e. The molecule has 0 aliphatic heterocycles. The normalized spacial score (nSPS) is 14.9. The minimum atomic E-state index is -0.450. The fraction of sp³-hybridized carbons (Fsp3) is 0.875. The lowest BCUT2D eigenvalue weighted by atomic mass is 10.0. The van der Waals surface area contributed by atoms with Crippen LogP contribution in [0.5, 0.6) is 0 Å². The third kappa shape index (κ3) is 7.58. The van der Waals surface area contributed by atoms with E-state index in [1.54, 1.807) is 0 Å². The molecule has 0 aliphatic rings. The van der Waals surface area contributed by atoms with Gasteiger partial charge in [0.1, 0.15) is 12.1 Å². The number of likely N-dealkylation sites (N-methyl/N-ethyl adjacent to an activating group) is 2. The van der Waals surface area contributed by atoms with Crippen molar-refractivity contribution in [2.45, 2.75) is 52.6 Å². The summed E-state index contributed by atoms with van der Waals surface area (Å²) in [6, 6.07) is -0.758. The molecule has 0 rings (SSSR count). The Bertz CT molecular complexity index is 306. The van der Waals surface area contributed by atoms with Crippen molar-refractivity contribution in [2.75, 3.05) is 28.2 Å². The smallest absolute Gasteiger partial charge is 0.331 e. The third-order valence-corrected chi connectivity index (χ3v) is 3.38. The van der Waals surface area contributed by atoms with Gasteiger partial charge in [0.05, 0.1) is 0 Å². The van der Waals surface area contributed by atoms with E-state index in [2.05, 4.69) is 0 Å². The zero-order valence-electron chi connectivity index (χ0n) is 14.8. The summed E-state index contributed by atoms with van der Waals surface area (Å²) in [6.07, 6.45) is 1.35. The number of hydrogen-bond acceptors (Lipinski definition) is 5. The van der Waals surface area contributed by atoms with E-state index >= 15 is 0 Å². The van der Waals surface area contributed by atoms with E-state index in [0.717, 1.165) is 0 Å². The van der Waals surface area contributed by atoms with Gasteiger partial charge in [-0.1, -0.05) is 27.7 Å². The number of esters is 2. The van der Waals surface area contributed by atoms with Crippen molar-refractivity contribution in [3.05, 3.63) is 0 Å². The van der Waals surface area contributed by atoms with Crippen LogP contribution in [0.25, 0.3) is 0 Å². The van der Waals surface area contributed by atoms with Crippen molar-refractivity contribution in [3.63, 3.8) is 0 Å². The Morgan fingerprint density at radius 1 is 0.762 bits per heavy atom. The number of carbonyl (C=O) groups is 2. The Morgan fingerprint density at radius 2 is 1.05 bits per heavy atom. The molecule has 0 bridgehead atoms. The summed E-state index contributed by atoms with van der Waals surface area (Å²) >= 11 is 0. The molecule has 0 heterocycles. The molecule has 21 heavy (non-hydrogen) atoms. The Morgan fingerprint density at radius 3 is 1.24 bits per heavy atom. The quantitative estimate of drug-likeness (QED) is 0.507. The number of ether oxygens (including phenoxy) is 1. The zero-order chi connectivity index (χ0) is 16.7. The van der Waals surface area contributed by atoms with Crippen LogP contribution < -0.4 is 0 Å². The molecule has 1 unspecified atom stereocenters. The van der Waals surface area contributed by atoms with Gasteiger partial charge in [-0.05, 0) is 52.9 Å². The van der Waals surface area contributed by atoms with Crippen LogP contribution in [-0.4, -0.2) is 62.0 Å². The summed E-state index contributed by atoms with van der Waals surface area (Å²) in [5, 5.41) is 0. The average molecular weight is 300 g/mol. The fourth-order valence-corrected chi connectivity index (χ4v) is 2.16. The summed E-state index contributed by atoms with van der Waals surface area (Å²) < 4.78 is 5.14. The third-order valence-electron chi connectivity index (χ3n) is 3.38.